The molecule has 1 aromatic heterocycles. The van der Waals surface area contributed by atoms with Gasteiger partial charge in [0, 0.05) is 17.8 Å². The minimum Gasteiger partial charge on any atom is -0.465 e. The van der Waals surface area contributed by atoms with Crippen molar-refractivity contribution in [2.75, 3.05) is 7.11 Å². The molecule has 2 aromatic carbocycles. The molecular formula is C28H34Cl2N2O4. The molecule has 0 bridgehead atoms. The molecule has 0 unspecified atom stereocenters. The van der Waals surface area contributed by atoms with E-state index < -0.39 is 11.9 Å². The number of halogens is 2. The van der Waals surface area contributed by atoms with E-state index in [1.165, 1.54) is 7.11 Å². The molecule has 0 amide bonds. The molecule has 1 heterocycles. The number of hydrogen-bond acceptors (Lipinski definition) is 6. The van der Waals surface area contributed by atoms with Crippen molar-refractivity contribution >= 4 is 36.8 Å². The van der Waals surface area contributed by atoms with Gasteiger partial charge in [-0.05, 0) is 55.0 Å². The maximum atomic E-state index is 13.3. The fraction of sp³-hybridized carbons (Fsp3) is 0.321. The van der Waals surface area contributed by atoms with Crippen LogP contribution in [0.3, 0.4) is 0 Å². The summed E-state index contributed by atoms with van der Waals surface area (Å²) in [5.41, 5.74) is 13.1. The lowest BCUT2D eigenvalue weighted by atomic mass is 9.90. The summed E-state index contributed by atoms with van der Waals surface area (Å²) >= 11 is 0. The summed E-state index contributed by atoms with van der Waals surface area (Å²) in [4.78, 5) is 29.8. The van der Waals surface area contributed by atoms with Gasteiger partial charge in [0.25, 0.3) is 0 Å². The van der Waals surface area contributed by atoms with E-state index >= 15 is 0 Å². The van der Waals surface area contributed by atoms with Crippen LogP contribution < -0.4 is 5.73 Å². The van der Waals surface area contributed by atoms with Crippen LogP contribution in [0, 0.1) is 19.8 Å². The van der Waals surface area contributed by atoms with Gasteiger partial charge < -0.3 is 15.2 Å². The first-order chi connectivity index (χ1) is 16.2. The highest BCUT2D eigenvalue weighted by atomic mass is 35.5. The zero-order chi connectivity index (χ0) is 24.8. The lowest BCUT2D eigenvalue weighted by Gasteiger charge is -2.20. The molecule has 0 aliphatic rings. The zero-order valence-corrected chi connectivity index (χ0v) is 22.9. The Kier molecular flexibility index (Phi) is 12.1. The number of carbonyl (C=O) groups excluding carboxylic acids is 2. The first-order valence-corrected chi connectivity index (χ1v) is 11.4. The maximum Gasteiger partial charge on any atom is 0.340 e. The summed E-state index contributed by atoms with van der Waals surface area (Å²) in [5.74, 6) is -0.471. The highest BCUT2D eigenvalue weighted by Gasteiger charge is 2.24. The van der Waals surface area contributed by atoms with E-state index in [4.69, 9.17) is 20.2 Å². The molecule has 0 atom stereocenters. The van der Waals surface area contributed by atoms with E-state index in [0.29, 0.717) is 22.7 Å². The van der Waals surface area contributed by atoms with Crippen molar-refractivity contribution in [3.63, 3.8) is 0 Å². The summed E-state index contributed by atoms with van der Waals surface area (Å²) < 4.78 is 10.4. The molecule has 0 radical (unpaired) electrons. The second-order valence-corrected chi connectivity index (χ2v) is 8.81. The van der Waals surface area contributed by atoms with E-state index in [9.17, 15) is 9.59 Å². The molecule has 0 fully saturated rings. The molecule has 0 aliphatic carbocycles. The van der Waals surface area contributed by atoms with Gasteiger partial charge in [0.1, 0.15) is 6.61 Å². The van der Waals surface area contributed by atoms with E-state index in [-0.39, 0.29) is 38.0 Å². The number of carbonyl (C=O) groups is 2. The molecule has 3 rings (SSSR count). The molecule has 3 aromatic rings. The third-order valence-corrected chi connectivity index (χ3v) is 5.66. The number of methoxy groups -OCH3 is 1. The first-order valence-electron chi connectivity index (χ1n) is 11.4. The van der Waals surface area contributed by atoms with Crippen LogP contribution in [0.15, 0.2) is 48.5 Å². The molecule has 0 spiro atoms. The molecule has 194 valence electrons. The highest BCUT2D eigenvalue weighted by molar-refractivity contribution is 5.99. The Morgan fingerprint density at radius 1 is 0.944 bits per heavy atom. The van der Waals surface area contributed by atoms with Crippen LogP contribution in [-0.2, 0) is 29.0 Å². The number of aromatic nitrogens is 1. The lowest BCUT2D eigenvalue weighted by Crippen LogP contribution is -2.17. The monoisotopic (exact) mass is 532 g/mol. The third kappa shape index (κ3) is 7.29. The van der Waals surface area contributed by atoms with Gasteiger partial charge in [-0.15, -0.1) is 24.8 Å². The minimum absolute atomic E-state index is 0. The number of hydrogen-bond donors (Lipinski definition) is 1. The van der Waals surface area contributed by atoms with Crippen LogP contribution in [0.4, 0.5) is 0 Å². The maximum absolute atomic E-state index is 13.3. The Hall–Kier alpha value is -2.93. The van der Waals surface area contributed by atoms with Crippen molar-refractivity contribution in [2.24, 2.45) is 11.7 Å². The number of pyridine rings is 1. The second kappa shape index (κ2) is 14.0. The summed E-state index contributed by atoms with van der Waals surface area (Å²) in [6.07, 6.45) is 0.772. The smallest absolute Gasteiger partial charge is 0.340 e. The van der Waals surface area contributed by atoms with Crippen LogP contribution >= 0.6 is 24.8 Å². The highest BCUT2D eigenvalue weighted by Crippen LogP contribution is 2.33. The van der Waals surface area contributed by atoms with Crippen molar-refractivity contribution < 1.29 is 19.1 Å². The van der Waals surface area contributed by atoms with Crippen molar-refractivity contribution in [1.29, 1.82) is 0 Å². The number of nitrogens with zero attached hydrogens (tertiary/aromatic N) is 1. The predicted molar refractivity (Wildman–Crippen MR) is 147 cm³/mol. The number of ether oxygens (including phenoxy) is 2. The molecule has 0 saturated carbocycles. The standard InChI is InChI=1S/C28H32N2O4.2ClH/c1-17(2)14-24-23(15-29)26(21-10-6-18(3)7-11-21)25(19(4)30-24)28(32)34-16-20-8-12-22(13-9-20)27(31)33-5;;/h6-13,17H,14-16,29H2,1-5H3;2*1H. The van der Waals surface area contributed by atoms with Crippen molar-refractivity contribution in [1.82, 2.24) is 4.98 Å². The molecule has 6 nitrogen and oxygen atoms in total. The molecule has 0 aliphatic heterocycles. The van der Waals surface area contributed by atoms with E-state index in [2.05, 4.69) is 13.8 Å². The summed E-state index contributed by atoms with van der Waals surface area (Å²) in [6.45, 7) is 8.47. The van der Waals surface area contributed by atoms with Gasteiger partial charge >= 0.3 is 11.9 Å². The number of aryl methyl sites for hydroxylation is 2. The third-order valence-electron chi connectivity index (χ3n) is 5.66. The summed E-state index contributed by atoms with van der Waals surface area (Å²) in [5, 5.41) is 0. The van der Waals surface area contributed by atoms with Crippen LogP contribution in [0.1, 0.15) is 62.6 Å². The Bertz CT molecular complexity index is 1180. The van der Waals surface area contributed by atoms with Crippen LogP contribution in [0.2, 0.25) is 0 Å². The zero-order valence-electron chi connectivity index (χ0n) is 21.3. The van der Waals surface area contributed by atoms with Gasteiger partial charge in [-0.2, -0.15) is 0 Å². The largest absolute Gasteiger partial charge is 0.465 e. The molecule has 36 heavy (non-hydrogen) atoms. The van der Waals surface area contributed by atoms with Crippen molar-refractivity contribution in [3.05, 3.63) is 87.7 Å². The number of benzene rings is 2. The van der Waals surface area contributed by atoms with E-state index in [0.717, 1.165) is 39.9 Å². The summed E-state index contributed by atoms with van der Waals surface area (Å²) in [6, 6.07) is 14.8. The van der Waals surface area contributed by atoms with Gasteiger partial charge in [0.2, 0.25) is 0 Å². The normalized spacial score (nSPS) is 10.3. The average molecular weight is 533 g/mol. The van der Waals surface area contributed by atoms with Crippen LogP contribution in [-0.4, -0.2) is 24.0 Å². The Morgan fingerprint density at radius 3 is 2.08 bits per heavy atom. The second-order valence-electron chi connectivity index (χ2n) is 8.81. The molecular weight excluding hydrogens is 499 g/mol. The summed E-state index contributed by atoms with van der Waals surface area (Å²) in [7, 11) is 1.34. The topological polar surface area (TPSA) is 91.5 Å². The fourth-order valence-corrected chi connectivity index (χ4v) is 3.94. The molecule has 8 heteroatoms. The van der Waals surface area contributed by atoms with Crippen molar-refractivity contribution in [2.45, 2.75) is 47.3 Å². The Balaban J connectivity index is 0.00000324. The molecule has 2 N–H and O–H groups in total. The SMILES string of the molecule is COC(=O)c1ccc(COC(=O)c2c(C)nc(CC(C)C)c(CN)c2-c2ccc(C)cc2)cc1.Cl.Cl. The van der Waals surface area contributed by atoms with Gasteiger partial charge in [0.15, 0.2) is 0 Å². The van der Waals surface area contributed by atoms with Crippen LogP contribution in [0.25, 0.3) is 11.1 Å². The van der Waals surface area contributed by atoms with Gasteiger partial charge in [-0.3, -0.25) is 4.98 Å². The number of rotatable bonds is 8. The van der Waals surface area contributed by atoms with Crippen LogP contribution in [0.5, 0.6) is 0 Å². The molecule has 0 saturated heterocycles. The number of esters is 2. The Labute approximate surface area is 225 Å². The quantitative estimate of drug-likeness (QED) is 0.357. The van der Waals surface area contributed by atoms with Crippen molar-refractivity contribution in [3.8, 4) is 11.1 Å². The Morgan fingerprint density at radius 2 is 1.56 bits per heavy atom. The average Bonchev–Trinajstić information content (AvgIpc) is 2.82. The van der Waals surface area contributed by atoms with Gasteiger partial charge in [-0.25, -0.2) is 9.59 Å². The minimum atomic E-state index is -0.455. The van der Waals surface area contributed by atoms with Gasteiger partial charge in [-0.1, -0.05) is 55.8 Å². The number of nitrogens with two attached hydrogens (primary N) is 1. The first kappa shape index (κ1) is 31.1. The fourth-order valence-electron chi connectivity index (χ4n) is 3.94. The van der Waals surface area contributed by atoms with E-state index in [1.807, 2.05) is 38.1 Å². The van der Waals surface area contributed by atoms with E-state index in [1.54, 1.807) is 24.3 Å². The predicted octanol–water partition coefficient (Wildman–Crippen LogP) is 6.01. The van der Waals surface area contributed by atoms with Gasteiger partial charge in [0.05, 0.1) is 23.9 Å². The lowest BCUT2D eigenvalue weighted by molar-refractivity contribution is 0.0470.